The molecule has 0 saturated heterocycles. The summed E-state index contributed by atoms with van der Waals surface area (Å²) in [4.78, 5) is 12.4. The molecule has 2 heterocycles. The summed E-state index contributed by atoms with van der Waals surface area (Å²) in [6, 6.07) is 9.94. The van der Waals surface area contributed by atoms with Gasteiger partial charge in [-0.05, 0) is 30.3 Å². The minimum atomic E-state index is -0.307. The lowest BCUT2D eigenvalue weighted by Crippen LogP contribution is -2.21. The maximum absolute atomic E-state index is 13.5. The second kappa shape index (κ2) is 4.85. The molecule has 19 heavy (non-hydrogen) atoms. The quantitative estimate of drug-likeness (QED) is 0.794. The average Bonchev–Trinajstić information content (AvgIpc) is 3.05. The number of rotatable bonds is 3. The molecule has 3 nitrogen and oxygen atoms in total. The van der Waals surface area contributed by atoms with Crippen molar-refractivity contribution in [2.75, 3.05) is 0 Å². The molecule has 1 N–H and O–H groups in total. The number of halogens is 1. The summed E-state index contributed by atoms with van der Waals surface area (Å²) in [5, 5.41) is 3.22. The first-order valence-electron chi connectivity index (χ1n) is 5.72. The molecule has 0 aliphatic rings. The van der Waals surface area contributed by atoms with Crippen LogP contribution in [-0.4, -0.2) is 5.91 Å². The van der Waals surface area contributed by atoms with Crippen molar-refractivity contribution in [1.82, 2.24) is 5.32 Å². The van der Waals surface area contributed by atoms with E-state index in [2.05, 4.69) is 5.32 Å². The van der Waals surface area contributed by atoms with Crippen LogP contribution in [-0.2, 0) is 6.54 Å². The van der Waals surface area contributed by atoms with E-state index in [0.717, 1.165) is 4.70 Å². The minimum absolute atomic E-state index is 0.225. The Bertz CT molecular complexity index is 718. The van der Waals surface area contributed by atoms with Crippen LogP contribution in [0.3, 0.4) is 0 Å². The maximum atomic E-state index is 13.5. The predicted molar refractivity (Wildman–Crippen MR) is 71.7 cm³/mol. The van der Waals surface area contributed by atoms with Crippen molar-refractivity contribution < 1.29 is 13.6 Å². The van der Waals surface area contributed by atoms with Crippen LogP contribution in [0.5, 0.6) is 0 Å². The van der Waals surface area contributed by atoms with Gasteiger partial charge in [-0.3, -0.25) is 4.79 Å². The Morgan fingerprint density at radius 1 is 1.32 bits per heavy atom. The maximum Gasteiger partial charge on any atom is 0.261 e. The smallest absolute Gasteiger partial charge is 0.261 e. The fourth-order valence-electron chi connectivity index (χ4n) is 1.80. The number of hydrogen-bond acceptors (Lipinski definition) is 3. The van der Waals surface area contributed by atoms with Crippen LogP contribution < -0.4 is 5.32 Å². The molecule has 0 spiro atoms. The molecule has 1 amide bonds. The lowest BCUT2D eigenvalue weighted by Gasteiger charge is -1.99. The first-order chi connectivity index (χ1) is 9.24. The van der Waals surface area contributed by atoms with Crippen molar-refractivity contribution in [2.24, 2.45) is 0 Å². The van der Waals surface area contributed by atoms with Gasteiger partial charge in [0.25, 0.3) is 5.91 Å². The molecule has 0 atom stereocenters. The Hall–Kier alpha value is -2.14. The predicted octanol–water partition coefficient (Wildman–Crippen LogP) is 3.56. The Balaban J connectivity index is 1.80. The van der Waals surface area contributed by atoms with Crippen LogP contribution in [0, 0.1) is 5.82 Å². The second-order valence-electron chi connectivity index (χ2n) is 4.02. The molecule has 3 rings (SSSR count). The van der Waals surface area contributed by atoms with Crippen LogP contribution in [0.2, 0.25) is 0 Å². The number of benzene rings is 1. The fraction of sp³-hybridized carbons (Fsp3) is 0.0714. The van der Waals surface area contributed by atoms with Gasteiger partial charge in [0.05, 0.1) is 17.7 Å². The zero-order valence-corrected chi connectivity index (χ0v) is 10.7. The van der Waals surface area contributed by atoms with E-state index in [-0.39, 0.29) is 11.7 Å². The van der Waals surface area contributed by atoms with Gasteiger partial charge < -0.3 is 9.73 Å². The highest BCUT2D eigenvalue weighted by Gasteiger charge is 2.12. The summed E-state index contributed by atoms with van der Waals surface area (Å²) in [5.41, 5.74) is 0. The summed E-state index contributed by atoms with van der Waals surface area (Å²) < 4.78 is 19.4. The normalized spacial score (nSPS) is 10.8. The summed E-state index contributed by atoms with van der Waals surface area (Å²) in [7, 11) is 0. The molecule has 3 aromatic rings. The summed E-state index contributed by atoms with van der Waals surface area (Å²) in [5.74, 6) is 0.150. The van der Waals surface area contributed by atoms with Crippen LogP contribution >= 0.6 is 11.3 Å². The SMILES string of the molecule is O=C(NCc1ccco1)c1cc2c(F)cccc2s1. The Kier molecular flexibility index (Phi) is 3.05. The Labute approximate surface area is 112 Å². The van der Waals surface area contributed by atoms with Crippen molar-refractivity contribution in [3.05, 3.63) is 59.1 Å². The largest absolute Gasteiger partial charge is 0.467 e. The standard InChI is InChI=1S/C14H10FNO2S/c15-11-4-1-5-12-10(11)7-13(19-12)14(17)16-8-9-3-2-6-18-9/h1-7H,8H2,(H,16,17). The summed E-state index contributed by atoms with van der Waals surface area (Å²) in [6.45, 7) is 0.322. The zero-order chi connectivity index (χ0) is 13.2. The number of carbonyl (C=O) groups excluding carboxylic acids is 1. The van der Waals surface area contributed by atoms with Gasteiger partial charge in [-0.1, -0.05) is 6.07 Å². The molecular formula is C14H10FNO2S. The number of amides is 1. The number of hydrogen-bond donors (Lipinski definition) is 1. The van der Waals surface area contributed by atoms with Crippen molar-refractivity contribution in [1.29, 1.82) is 0 Å². The van der Waals surface area contributed by atoms with Crippen LogP contribution in [0.25, 0.3) is 10.1 Å². The third kappa shape index (κ3) is 2.37. The average molecular weight is 275 g/mol. The molecule has 0 radical (unpaired) electrons. The molecule has 0 saturated carbocycles. The number of nitrogens with one attached hydrogen (secondary N) is 1. The molecule has 0 fully saturated rings. The Morgan fingerprint density at radius 2 is 2.21 bits per heavy atom. The molecule has 0 bridgehead atoms. The van der Waals surface area contributed by atoms with E-state index in [1.165, 1.54) is 17.4 Å². The van der Waals surface area contributed by atoms with Crippen molar-refractivity contribution >= 4 is 27.3 Å². The highest BCUT2D eigenvalue weighted by Crippen LogP contribution is 2.27. The lowest BCUT2D eigenvalue weighted by molar-refractivity contribution is 0.0952. The minimum Gasteiger partial charge on any atom is -0.467 e. The summed E-state index contributed by atoms with van der Waals surface area (Å²) in [6.07, 6.45) is 1.55. The zero-order valence-electron chi connectivity index (χ0n) is 9.85. The fourth-order valence-corrected chi connectivity index (χ4v) is 2.80. The van der Waals surface area contributed by atoms with Crippen LogP contribution in [0.1, 0.15) is 15.4 Å². The molecule has 0 aliphatic heterocycles. The second-order valence-corrected chi connectivity index (χ2v) is 5.11. The van der Waals surface area contributed by atoms with Gasteiger partial charge in [0, 0.05) is 10.1 Å². The highest BCUT2D eigenvalue weighted by molar-refractivity contribution is 7.20. The van der Waals surface area contributed by atoms with E-state index in [4.69, 9.17) is 4.42 Å². The van der Waals surface area contributed by atoms with E-state index in [9.17, 15) is 9.18 Å². The number of furan rings is 1. The number of carbonyl (C=O) groups is 1. The van der Waals surface area contributed by atoms with Gasteiger partial charge in [0.15, 0.2) is 0 Å². The van der Waals surface area contributed by atoms with Crippen LogP contribution in [0.4, 0.5) is 4.39 Å². The molecule has 1 aromatic carbocycles. The molecular weight excluding hydrogens is 265 g/mol. The molecule has 0 unspecified atom stereocenters. The van der Waals surface area contributed by atoms with Crippen LogP contribution in [0.15, 0.2) is 47.1 Å². The van der Waals surface area contributed by atoms with E-state index >= 15 is 0 Å². The molecule has 0 aliphatic carbocycles. The van der Waals surface area contributed by atoms with Gasteiger partial charge in [-0.2, -0.15) is 0 Å². The highest BCUT2D eigenvalue weighted by atomic mass is 32.1. The van der Waals surface area contributed by atoms with Crippen molar-refractivity contribution in [3.8, 4) is 0 Å². The number of fused-ring (bicyclic) bond motifs is 1. The third-order valence-corrected chi connectivity index (χ3v) is 3.83. The lowest BCUT2D eigenvalue weighted by atomic mass is 10.2. The number of thiophene rings is 1. The van der Waals surface area contributed by atoms with Gasteiger partial charge >= 0.3 is 0 Å². The third-order valence-electron chi connectivity index (χ3n) is 2.74. The van der Waals surface area contributed by atoms with E-state index in [0.29, 0.717) is 22.6 Å². The Morgan fingerprint density at radius 3 is 2.95 bits per heavy atom. The van der Waals surface area contributed by atoms with E-state index in [1.54, 1.807) is 36.6 Å². The van der Waals surface area contributed by atoms with Gasteiger partial charge in [-0.15, -0.1) is 11.3 Å². The summed E-state index contributed by atoms with van der Waals surface area (Å²) >= 11 is 1.27. The van der Waals surface area contributed by atoms with Crippen molar-refractivity contribution in [3.63, 3.8) is 0 Å². The van der Waals surface area contributed by atoms with Gasteiger partial charge in [-0.25, -0.2) is 4.39 Å². The van der Waals surface area contributed by atoms with E-state index < -0.39 is 0 Å². The molecule has 96 valence electrons. The first kappa shape index (κ1) is 11.9. The first-order valence-corrected chi connectivity index (χ1v) is 6.54. The monoisotopic (exact) mass is 275 g/mol. The van der Waals surface area contributed by atoms with Gasteiger partial charge in [0.2, 0.25) is 0 Å². The van der Waals surface area contributed by atoms with E-state index in [1.807, 2.05) is 0 Å². The molecule has 2 aromatic heterocycles. The topological polar surface area (TPSA) is 42.2 Å². The van der Waals surface area contributed by atoms with Gasteiger partial charge in [0.1, 0.15) is 11.6 Å². The molecule has 5 heteroatoms. The van der Waals surface area contributed by atoms with Crippen molar-refractivity contribution in [2.45, 2.75) is 6.54 Å².